The van der Waals surface area contributed by atoms with E-state index in [1.807, 2.05) is 0 Å². The Morgan fingerprint density at radius 1 is 1.26 bits per heavy atom. The molecule has 0 aromatic rings. The number of carboxylic acid groups (broad SMARTS) is 1. The fourth-order valence-electron chi connectivity index (χ4n) is 3.14. The fourth-order valence-corrected chi connectivity index (χ4v) is 3.14. The zero-order valence-electron chi connectivity index (χ0n) is 12.9. The van der Waals surface area contributed by atoms with Gasteiger partial charge in [-0.15, -0.1) is 0 Å². The second kappa shape index (κ2) is 8.57. The molecule has 0 aromatic heterocycles. The third kappa shape index (κ3) is 5.94. The number of rotatable bonds is 8. The molecule has 0 aromatic carbocycles. The van der Waals surface area contributed by atoms with Gasteiger partial charge in [-0.2, -0.15) is 0 Å². The average Bonchev–Trinajstić information content (AvgIpc) is 2.42. The fraction of sp³-hybridized carbons (Fsp3) is 0.938. The van der Waals surface area contributed by atoms with Crippen molar-refractivity contribution in [3.05, 3.63) is 0 Å². The summed E-state index contributed by atoms with van der Waals surface area (Å²) in [5.41, 5.74) is 0. The summed E-state index contributed by atoms with van der Waals surface area (Å²) in [4.78, 5) is 13.2. The second-order valence-electron chi connectivity index (χ2n) is 6.22. The maximum Gasteiger partial charge on any atom is 0.303 e. The molecule has 1 N–H and O–H groups in total. The summed E-state index contributed by atoms with van der Waals surface area (Å²) < 4.78 is 0. The molecule has 0 saturated carbocycles. The summed E-state index contributed by atoms with van der Waals surface area (Å²) in [6.07, 6.45) is 7.40. The Bertz CT molecular complexity index is 259. The van der Waals surface area contributed by atoms with Crippen LogP contribution in [0.15, 0.2) is 0 Å². The van der Waals surface area contributed by atoms with Crippen LogP contribution in [0.1, 0.15) is 65.7 Å². The van der Waals surface area contributed by atoms with Crippen molar-refractivity contribution in [2.45, 2.75) is 71.8 Å². The van der Waals surface area contributed by atoms with Gasteiger partial charge in [0.15, 0.2) is 0 Å². The molecule has 1 heterocycles. The van der Waals surface area contributed by atoms with Crippen molar-refractivity contribution in [3.8, 4) is 0 Å². The highest BCUT2D eigenvalue weighted by molar-refractivity contribution is 5.66. The molecule has 3 nitrogen and oxygen atoms in total. The van der Waals surface area contributed by atoms with Gasteiger partial charge in [-0.05, 0) is 57.0 Å². The summed E-state index contributed by atoms with van der Waals surface area (Å²) >= 11 is 0. The lowest BCUT2D eigenvalue weighted by molar-refractivity contribution is -0.137. The molecule has 0 bridgehead atoms. The molecule has 1 saturated heterocycles. The van der Waals surface area contributed by atoms with Crippen LogP contribution in [0, 0.1) is 11.8 Å². The highest BCUT2D eigenvalue weighted by atomic mass is 16.4. The number of hydrogen-bond acceptors (Lipinski definition) is 2. The van der Waals surface area contributed by atoms with Crippen molar-refractivity contribution < 1.29 is 9.90 Å². The summed E-state index contributed by atoms with van der Waals surface area (Å²) in [7, 11) is 0. The molecule has 0 spiro atoms. The largest absolute Gasteiger partial charge is 0.481 e. The normalized spacial score (nSPS) is 21.2. The molecule has 0 aliphatic carbocycles. The number of hydrogen-bond donors (Lipinski definition) is 1. The summed E-state index contributed by atoms with van der Waals surface area (Å²) in [6, 6.07) is 0.732. The molecule has 2 unspecified atom stereocenters. The van der Waals surface area contributed by atoms with Crippen LogP contribution in [0.2, 0.25) is 0 Å². The van der Waals surface area contributed by atoms with E-state index in [2.05, 4.69) is 25.7 Å². The Morgan fingerprint density at radius 2 is 1.89 bits per heavy atom. The van der Waals surface area contributed by atoms with Crippen LogP contribution in [0.3, 0.4) is 0 Å². The average molecular weight is 269 g/mol. The van der Waals surface area contributed by atoms with E-state index in [1.54, 1.807) is 0 Å². The first-order valence-electron chi connectivity index (χ1n) is 8.02. The van der Waals surface area contributed by atoms with Gasteiger partial charge in [-0.3, -0.25) is 4.79 Å². The van der Waals surface area contributed by atoms with Crippen molar-refractivity contribution in [1.29, 1.82) is 0 Å². The van der Waals surface area contributed by atoms with E-state index >= 15 is 0 Å². The lowest BCUT2D eigenvalue weighted by atomic mass is 9.89. The number of carboxylic acids is 1. The molecule has 1 aliphatic heterocycles. The molecule has 19 heavy (non-hydrogen) atoms. The quantitative estimate of drug-likeness (QED) is 0.729. The molecule has 0 amide bonds. The Labute approximate surface area is 118 Å². The molecule has 1 aliphatic rings. The number of aliphatic carboxylic acids is 1. The molecule has 112 valence electrons. The minimum Gasteiger partial charge on any atom is -0.481 e. The van der Waals surface area contributed by atoms with Gasteiger partial charge in [0.1, 0.15) is 0 Å². The van der Waals surface area contributed by atoms with Crippen LogP contribution in [0.25, 0.3) is 0 Å². The highest BCUT2D eigenvalue weighted by Gasteiger charge is 2.25. The van der Waals surface area contributed by atoms with E-state index in [9.17, 15) is 4.79 Å². The SMILES string of the molecule is CCC(C)CC(CC)N1CCC(CCC(=O)O)CC1. The first kappa shape index (κ1) is 16.5. The van der Waals surface area contributed by atoms with Gasteiger partial charge in [0, 0.05) is 12.5 Å². The zero-order chi connectivity index (χ0) is 14.3. The van der Waals surface area contributed by atoms with Gasteiger partial charge in [-0.1, -0.05) is 27.2 Å². The predicted octanol–water partition coefficient (Wildman–Crippen LogP) is 3.78. The van der Waals surface area contributed by atoms with Crippen molar-refractivity contribution in [1.82, 2.24) is 4.90 Å². The second-order valence-corrected chi connectivity index (χ2v) is 6.22. The topological polar surface area (TPSA) is 40.5 Å². The molecule has 3 heteroatoms. The van der Waals surface area contributed by atoms with E-state index in [0.717, 1.165) is 18.4 Å². The minimum atomic E-state index is -0.648. The predicted molar refractivity (Wildman–Crippen MR) is 79.3 cm³/mol. The van der Waals surface area contributed by atoms with Crippen LogP contribution in [0.5, 0.6) is 0 Å². The van der Waals surface area contributed by atoms with Crippen molar-refractivity contribution in [2.24, 2.45) is 11.8 Å². The first-order valence-corrected chi connectivity index (χ1v) is 8.02. The maximum absolute atomic E-state index is 10.6. The number of piperidine rings is 1. The van der Waals surface area contributed by atoms with Gasteiger partial charge < -0.3 is 10.0 Å². The van der Waals surface area contributed by atoms with Gasteiger partial charge in [-0.25, -0.2) is 0 Å². The van der Waals surface area contributed by atoms with Gasteiger partial charge in [0.05, 0.1) is 0 Å². The Balaban J connectivity index is 2.32. The van der Waals surface area contributed by atoms with Crippen molar-refractivity contribution in [2.75, 3.05) is 13.1 Å². The zero-order valence-corrected chi connectivity index (χ0v) is 12.9. The van der Waals surface area contributed by atoms with Crippen molar-refractivity contribution in [3.63, 3.8) is 0 Å². The third-order valence-electron chi connectivity index (χ3n) is 4.77. The molecule has 1 fully saturated rings. The number of carbonyl (C=O) groups is 1. The summed E-state index contributed by atoms with van der Waals surface area (Å²) in [5.74, 6) is 0.800. The van der Waals surface area contributed by atoms with E-state index in [-0.39, 0.29) is 0 Å². The molecule has 0 radical (unpaired) electrons. The van der Waals surface area contributed by atoms with Crippen LogP contribution in [-0.2, 0) is 4.79 Å². The number of likely N-dealkylation sites (tertiary alicyclic amines) is 1. The van der Waals surface area contributed by atoms with Gasteiger partial charge >= 0.3 is 5.97 Å². The molecule has 1 rings (SSSR count). The van der Waals surface area contributed by atoms with Crippen LogP contribution >= 0.6 is 0 Å². The Morgan fingerprint density at radius 3 is 2.37 bits per heavy atom. The van der Waals surface area contributed by atoms with Crippen LogP contribution < -0.4 is 0 Å². The van der Waals surface area contributed by atoms with E-state index in [4.69, 9.17) is 5.11 Å². The van der Waals surface area contributed by atoms with Gasteiger partial charge in [0.2, 0.25) is 0 Å². The minimum absolute atomic E-state index is 0.342. The summed E-state index contributed by atoms with van der Waals surface area (Å²) in [5, 5.41) is 8.74. The lowest BCUT2D eigenvalue weighted by Gasteiger charge is -2.38. The highest BCUT2D eigenvalue weighted by Crippen LogP contribution is 2.26. The number of nitrogens with zero attached hydrogens (tertiary/aromatic N) is 1. The van der Waals surface area contributed by atoms with Crippen LogP contribution in [-0.4, -0.2) is 35.1 Å². The smallest absolute Gasteiger partial charge is 0.303 e. The van der Waals surface area contributed by atoms with E-state index in [1.165, 1.54) is 45.2 Å². The first-order chi connectivity index (χ1) is 9.06. The van der Waals surface area contributed by atoms with Crippen molar-refractivity contribution >= 4 is 5.97 Å². The standard InChI is InChI=1S/C16H31NO2/c1-4-13(3)12-15(5-2)17-10-8-14(9-11-17)6-7-16(18)19/h13-15H,4-12H2,1-3H3,(H,18,19). The molecular formula is C16H31NO2. The Kier molecular flexibility index (Phi) is 7.44. The third-order valence-corrected chi connectivity index (χ3v) is 4.77. The Hall–Kier alpha value is -0.570. The van der Waals surface area contributed by atoms with E-state index < -0.39 is 5.97 Å². The maximum atomic E-state index is 10.6. The lowest BCUT2D eigenvalue weighted by Crippen LogP contribution is -2.42. The summed E-state index contributed by atoms with van der Waals surface area (Å²) in [6.45, 7) is 9.25. The van der Waals surface area contributed by atoms with E-state index in [0.29, 0.717) is 12.3 Å². The van der Waals surface area contributed by atoms with Gasteiger partial charge in [0.25, 0.3) is 0 Å². The van der Waals surface area contributed by atoms with Crippen LogP contribution in [0.4, 0.5) is 0 Å². The molecule has 2 atom stereocenters. The monoisotopic (exact) mass is 269 g/mol. The molecular weight excluding hydrogens is 238 g/mol.